The number of hydrogen-bond donors (Lipinski definition) is 2. The summed E-state index contributed by atoms with van der Waals surface area (Å²) < 4.78 is 12.9. The molecule has 0 aromatic heterocycles. The molecule has 19 heavy (non-hydrogen) atoms. The quantitative estimate of drug-likeness (QED) is 0.854. The molecule has 1 saturated carbocycles. The maximum absolute atomic E-state index is 12.9. The van der Waals surface area contributed by atoms with E-state index >= 15 is 0 Å². The monoisotopic (exact) mass is 264 g/mol. The van der Waals surface area contributed by atoms with E-state index < -0.39 is 6.04 Å². The third-order valence-electron chi connectivity index (χ3n) is 3.93. The standard InChI is InChI=1S/C15H21FN2O/c1-10(2)13(17)14(19)18-9-15(7-8-15)11-3-5-12(16)6-4-11/h3-6,10,13H,7-9,17H2,1-2H3,(H,18,19). The minimum atomic E-state index is -0.469. The van der Waals surface area contributed by atoms with Crippen molar-refractivity contribution in [1.82, 2.24) is 5.32 Å². The summed E-state index contributed by atoms with van der Waals surface area (Å²) in [6.45, 7) is 4.44. The van der Waals surface area contributed by atoms with Crippen LogP contribution < -0.4 is 11.1 Å². The Morgan fingerprint density at radius 2 is 1.95 bits per heavy atom. The number of carbonyl (C=O) groups excluding carboxylic acids is 1. The number of nitrogens with two attached hydrogens (primary N) is 1. The first-order valence-electron chi connectivity index (χ1n) is 6.74. The molecular formula is C15H21FN2O. The summed E-state index contributed by atoms with van der Waals surface area (Å²) in [7, 11) is 0. The molecule has 2 rings (SSSR count). The molecule has 1 aliphatic carbocycles. The molecule has 0 aliphatic heterocycles. The van der Waals surface area contributed by atoms with E-state index in [4.69, 9.17) is 5.73 Å². The van der Waals surface area contributed by atoms with Gasteiger partial charge in [0.15, 0.2) is 0 Å². The Morgan fingerprint density at radius 3 is 2.42 bits per heavy atom. The number of rotatable bonds is 5. The van der Waals surface area contributed by atoms with Crippen molar-refractivity contribution < 1.29 is 9.18 Å². The first kappa shape index (κ1) is 14.0. The first-order valence-corrected chi connectivity index (χ1v) is 6.74. The molecule has 104 valence electrons. The number of halogens is 1. The molecule has 4 heteroatoms. The minimum absolute atomic E-state index is 0.0138. The predicted octanol–water partition coefficient (Wildman–Crippen LogP) is 1.96. The Labute approximate surface area is 113 Å². The van der Waals surface area contributed by atoms with Crippen LogP contribution in [0, 0.1) is 11.7 Å². The van der Waals surface area contributed by atoms with Crippen LogP contribution in [-0.4, -0.2) is 18.5 Å². The fraction of sp³-hybridized carbons (Fsp3) is 0.533. The molecule has 3 nitrogen and oxygen atoms in total. The van der Waals surface area contributed by atoms with Crippen LogP contribution in [0.5, 0.6) is 0 Å². The molecule has 1 unspecified atom stereocenters. The molecule has 3 N–H and O–H groups in total. The summed E-state index contributed by atoms with van der Waals surface area (Å²) in [6, 6.07) is 6.08. The lowest BCUT2D eigenvalue weighted by Crippen LogP contribution is -2.46. The summed E-state index contributed by atoms with van der Waals surface area (Å²) in [5, 5.41) is 2.92. The van der Waals surface area contributed by atoms with Gasteiger partial charge in [0.05, 0.1) is 6.04 Å². The van der Waals surface area contributed by atoms with E-state index in [1.54, 1.807) is 12.1 Å². The largest absolute Gasteiger partial charge is 0.354 e. The highest BCUT2D eigenvalue weighted by molar-refractivity contribution is 5.81. The fourth-order valence-electron chi connectivity index (χ4n) is 2.20. The van der Waals surface area contributed by atoms with Gasteiger partial charge in [0.25, 0.3) is 0 Å². The van der Waals surface area contributed by atoms with Gasteiger partial charge in [0, 0.05) is 12.0 Å². The Bertz CT molecular complexity index is 452. The molecule has 1 aromatic carbocycles. The molecule has 1 aliphatic rings. The Hall–Kier alpha value is -1.42. The lowest BCUT2D eigenvalue weighted by Gasteiger charge is -2.20. The highest BCUT2D eigenvalue weighted by atomic mass is 19.1. The van der Waals surface area contributed by atoms with Crippen LogP contribution >= 0.6 is 0 Å². The van der Waals surface area contributed by atoms with Crippen LogP contribution in [-0.2, 0) is 10.2 Å². The molecule has 0 spiro atoms. The van der Waals surface area contributed by atoms with Crippen molar-refractivity contribution in [3.8, 4) is 0 Å². The van der Waals surface area contributed by atoms with Crippen LogP contribution in [0.25, 0.3) is 0 Å². The molecule has 1 fully saturated rings. The third-order valence-corrected chi connectivity index (χ3v) is 3.93. The van der Waals surface area contributed by atoms with Crippen molar-refractivity contribution in [1.29, 1.82) is 0 Å². The summed E-state index contributed by atoms with van der Waals surface area (Å²) in [5.41, 5.74) is 6.88. The second kappa shape index (κ2) is 5.29. The smallest absolute Gasteiger partial charge is 0.237 e. The fourth-order valence-corrected chi connectivity index (χ4v) is 2.20. The van der Waals surface area contributed by atoms with E-state index in [0.29, 0.717) is 6.54 Å². The van der Waals surface area contributed by atoms with Gasteiger partial charge in [-0.25, -0.2) is 4.39 Å². The maximum Gasteiger partial charge on any atom is 0.237 e. The molecule has 1 aromatic rings. The summed E-state index contributed by atoms with van der Waals surface area (Å²) in [5.74, 6) is -0.213. The second-order valence-electron chi connectivity index (χ2n) is 5.77. The average molecular weight is 264 g/mol. The molecule has 0 saturated heterocycles. The normalized spacial score (nSPS) is 18.2. The van der Waals surface area contributed by atoms with Gasteiger partial charge in [-0.3, -0.25) is 4.79 Å². The van der Waals surface area contributed by atoms with Gasteiger partial charge < -0.3 is 11.1 Å². The Morgan fingerprint density at radius 1 is 1.37 bits per heavy atom. The third kappa shape index (κ3) is 3.13. The topological polar surface area (TPSA) is 55.1 Å². The maximum atomic E-state index is 12.9. The number of hydrogen-bond acceptors (Lipinski definition) is 2. The van der Waals surface area contributed by atoms with Crippen molar-refractivity contribution in [3.63, 3.8) is 0 Å². The lowest BCUT2D eigenvalue weighted by atomic mass is 9.95. The van der Waals surface area contributed by atoms with Crippen LogP contribution in [0.1, 0.15) is 32.3 Å². The summed E-state index contributed by atoms with van der Waals surface area (Å²) in [6.07, 6.45) is 2.05. The summed E-state index contributed by atoms with van der Waals surface area (Å²) >= 11 is 0. The van der Waals surface area contributed by atoms with Gasteiger partial charge in [0.1, 0.15) is 5.82 Å². The van der Waals surface area contributed by atoms with E-state index in [0.717, 1.165) is 18.4 Å². The number of amides is 1. The molecule has 1 amide bonds. The average Bonchev–Trinajstić information content (AvgIpc) is 3.17. The predicted molar refractivity (Wildman–Crippen MR) is 73.1 cm³/mol. The first-order chi connectivity index (χ1) is 8.94. The zero-order chi connectivity index (χ0) is 14.0. The van der Waals surface area contributed by atoms with E-state index in [-0.39, 0.29) is 23.1 Å². The molecule has 0 radical (unpaired) electrons. The van der Waals surface area contributed by atoms with Crippen molar-refractivity contribution in [3.05, 3.63) is 35.6 Å². The van der Waals surface area contributed by atoms with E-state index in [2.05, 4.69) is 5.32 Å². The highest BCUT2D eigenvalue weighted by Gasteiger charge is 2.44. The molecule has 0 bridgehead atoms. The Kier molecular flexibility index (Phi) is 3.90. The van der Waals surface area contributed by atoms with Crippen LogP contribution in [0.2, 0.25) is 0 Å². The van der Waals surface area contributed by atoms with Gasteiger partial charge in [-0.2, -0.15) is 0 Å². The second-order valence-corrected chi connectivity index (χ2v) is 5.77. The number of benzene rings is 1. The summed E-state index contributed by atoms with van der Waals surface area (Å²) in [4.78, 5) is 11.8. The van der Waals surface area contributed by atoms with Crippen molar-refractivity contribution in [2.24, 2.45) is 11.7 Å². The Balaban J connectivity index is 1.96. The van der Waals surface area contributed by atoms with Gasteiger partial charge in [-0.15, -0.1) is 0 Å². The van der Waals surface area contributed by atoms with Crippen molar-refractivity contribution >= 4 is 5.91 Å². The van der Waals surface area contributed by atoms with Gasteiger partial charge in [0.2, 0.25) is 5.91 Å². The van der Waals surface area contributed by atoms with Crippen LogP contribution in [0.4, 0.5) is 4.39 Å². The zero-order valence-electron chi connectivity index (χ0n) is 11.4. The number of carbonyl (C=O) groups is 1. The van der Waals surface area contributed by atoms with Gasteiger partial charge in [-0.1, -0.05) is 26.0 Å². The van der Waals surface area contributed by atoms with E-state index in [9.17, 15) is 9.18 Å². The van der Waals surface area contributed by atoms with E-state index in [1.807, 2.05) is 13.8 Å². The van der Waals surface area contributed by atoms with E-state index in [1.165, 1.54) is 12.1 Å². The zero-order valence-corrected chi connectivity index (χ0v) is 11.4. The van der Waals surface area contributed by atoms with Crippen molar-refractivity contribution in [2.45, 2.75) is 38.1 Å². The SMILES string of the molecule is CC(C)C(N)C(=O)NCC1(c2ccc(F)cc2)CC1. The highest BCUT2D eigenvalue weighted by Crippen LogP contribution is 2.47. The number of nitrogens with one attached hydrogen (secondary N) is 1. The van der Waals surface area contributed by atoms with Crippen LogP contribution in [0.15, 0.2) is 24.3 Å². The van der Waals surface area contributed by atoms with Gasteiger partial charge in [-0.05, 0) is 36.5 Å². The molecule has 1 atom stereocenters. The van der Waals surface area contributed by atoms with Crippen molar-refractivity contribution in [2.75, 3.05) is 6.54 Å². The molecule has 0 heterocycles. The van der Waals surface area contributed by atoms with Crippen LogP contribution in [0.3, 0.4) is 0 Å². The minimum Gasteiger partial charge on any atom is -0.354 e. The lowest BCUT2D eigenvalue weighted by molar-refractivity contribution is -0.123. The molecular weight excluding hydrogens is 243 g/mol. The van der Waals surface area contributed by atoms with Gasteiger partial charge >= 0.3 is 0 Å².